The maximum Gasteiger partial charge on any atom is 0.342 e. The number of carbonyl (C=O) groups excluding carboxylic acids is 1. The van der Waals surface area contributed by atoms with Crippen LogP contribution in [0.15, 0.2) is 88.3 Å². The van der Waals surface area contributed by atoms with Gasteiger partial charge in [0.1, 0.15) is 30.2 Å². The zero-order chi connectivity index (χ0) is 20.9. The Bertz CT molecular complexity index is 1260. The number of esters is 1. The molecule has 0 aliphatic carbocycles. The molecule has 2 aromatic carbocycles. The van der Waals surface area contributed by atoms with Crippen LogP contribution < -0.4 is 10.3 Å². The van der Waals surface area contributed by atoms with E-state index < -0.39 is 5.97 Å². The van der Waals surface area contributed by atoms with Crippen LogP contribution in [-0.4, -0.2) is 15.4 Å². The Kier molecular flexibility index (Phi) is 5.90. The van der Waals surface area contributed by atoms with E-state index in [1.165, 1.54) is 10.5 Å². The molecule has 0 unspecified atom stereocenters. The van der Waals surface area contributed by atoms with Crippen molar-refractivity contribution < 1.29 is 14.3 Å². The average Bonchev–Trinajstić information content (AvgIpc) is 2.77. The van der Waals surface area contributed by atoms with Crippen molar-refractivity contribution in [2.45, 2.75) is 13.2 Å². The van der Waals surface area contributed by atoms with Gasteiger partial charge in [0.15, 0.2) is 0 Å². The lowest BCUT2D eigenvalue weighted by Crippen LogP contribution is -2.16. The third-order valence-electron chi connectivity index (χ3n) is 4.37. The quantitative estimate of drug-likeness (QED) is 0.395. The molecular weight excluding hydrogens is 448 g/mol. The molecule has 0 radical (unpaired) electrons. The minimum Gasteiger partial charge on any atom is -0.488 e. The zero-order valence-corrected chi connectivity index (χ0v) is 17.4. The first kappa shape index (κ1) is 19.8. The summed E-state index contributed by atoms with van der Waals surface area (Å²) >= 11 is 3.33. The van der Waals surface area contributed by atoms with Crippen molar-refractivity contribution in [2.24, 2.45) is 0 Å². The summed E-state index contributed by atoms with van der Waals surface area (Å²) in [7, 11) is 0. The Hall–Kier alpha value is -3.45. The van der Waals surface area contributed by atoms with E-state index in [0.29, 0.717) is 29.3 Å². The Labute approximate surface area is 180 Å². The monoisotopic (exact) mass is 464 g/mol. The van der Waals surface area contributed by atoms with Crippen LogP contribution in [0, 0.1) is 0 Å². The highest BCUT2D eigenvalue weighted by atomic mass is 79.9. The van der Waals surface area contributed by atoms with Crippen LogP contribution in [0.3, 0.4) is 0 Å². The number of pyridine rings is 1. The molecule has 4 aromatic rings. The van der Waals surface area contributed by atoms with E-state index in [4.69, 9.17) is 9.47 Å². The standard InChI is InChI=1S/C23H17BrN2O4/c24-17-10-11-21-25-18(12-22(27)26(21)13-17)15-30-23(28)19-8-4-5-9-20(19)29-14-16-6-2-1-3-7-16/h1-13H,14-15H2. The largest absolute Gasteiger partial charge is 0.488 e. The predicted molar refractivity (Wildman–Crippen MR) is 115 cm³/mol. The van der Waals surface area contributed by atoms with Crippen LogP contribution in [0.4, 0.5) is 0 Å². The number of hydrogen-bond acceptors (Lipinski definition) is 5. The minimum atomic E-state index is -0.545. The summed E-state index contributed by atoms with van der Waals surface area (Å²) in [5.41, 5.74) is 1.91. The maximum absolute atomic E-state index is 12.6. The Balaban J connectivity index is 1.47. The molecule has 0 bridgehead atoms. The number of para-hydroxylation sites is 1. The second-order valence-electron chi connectivity index (χ2n) is 6.51. The topological polar surface area (TPSA) is 69.9 Å². The summed E-state index contributed by atoms with van der Waals surface area (Å²) < 4.78 is 13.4. The summed E-state index contributed by atoms with van der Waals surface area (Å²) in [6.45, 7) is 0.220. The molecule has 30 heavy (non-hydrogen) atoms. The van der Waals surface area contributed by atoms with Gasteiger partial charge in [0.2, 0.25) is 0 Å². The van der Waals surface area contributed by atoms with Gasteiger partial charge in [-0.3, -0.25) is 9.20 Å². The van der Waals surface area contributed by atoms with Crippen molar-refractivity contribution in [2.75, 3.05) is 0 Å². The van der Waals surface area contributed by atoms with E-state index in [0.717, 1.165) is 10.0 Å². The summed E-state index contributed by atoms with van der Waals surface area (Å²) in [6, 6.07) is 21.4. The van der Waals surface area contributed by atoms with Gasteiger partial charge in [0.25, 0.3) is 5.56 Å². The summed E-state index contributed by atoms with van der Waals surface area (Å²) in [5.74, 6) is -0.112. The van der Waals surface area contributed by atoms with Crippen molar-refractivity contribution >= 4 is 27.5 Å². The maximum atomic E-state index is 12.6. The number of halogens is 1. The Morgan fingerprint density at radius 2 is 1.73 bits per heavy atom. The Morgan fingerprint density at radius 1 is 0.967 bits per heavy atom. The van der Waals surface area contributed by atoms with Gasteiger partial charge in [-0.25, -0.2) is 9.78 Å². The molecule has 2 aromatic heterocycles. The van der Waals surface area contributed by atoms with Gasteiger partial charge in [0, 0.05) is 16.7 Å². The lowest BCUT2D eigenvalue weighted by atomic mass is 10.2. The fourth-order valence-electron chi connectivity index (χ4n) is 2.91. The molecule has 0 aliphatic heterocycles. The number of ether oxygens (including phenoxy) is 2. The lowest BCUT2D eigenvalue weighted by Gasteiger charge is -2.11. The van der Waals surface area contributed by atoms with Crippen molar-refractivity contribution in [1.82, 2.24) is 9.38 Å². The average molecular weight is 465 g/mol. The van der Waals surface area contributed by atoms with Crippen molar-refractivity contribution in [3.63, 3.8) is 0 Å². The number of benzene rings is 2. The van der Waals surface area contributed by atoms with Crippen LogP contribution in [0.1, 0.15) is 21.6 Å². The molecule has 0 N–H and O–H groups in total. The Morgan fingerprint density at radius 3 is 2.57 bits per heavy atom. The van der Waals surface area contributed by atoms with Crippen LogP contribution in [-0.2, 0) is 18.0 Å². The van der Waals surface area contributed by atoms with Crippen LogP contribution in [0.5, 0.6) is 5.75 Å². The molecule has 0 fully saturated rings. The SMILES string of the molecule is O=C(OCc1cc(=O)n2cc(Br)ccc2n1)c1ccccc1OCc1ccccc1. The number of fused-ring (bicyclic) bond motifs is 1. The number of carbonyl (C=O) groups is 1. The van der Waals surface area contributed by atoms with E-state index >= 15 is 0 Å². The van der Waals surface area contributed by atoms with E-state index in [-0.39, 0.29) is 12.2 Å². The van der Waals surface area contributed by atoms with E-state index in [1.54, 1.807) is 42.6 Å². The fraction of sp³-hybridized carbons (Fsp3) is 0.0870. The molecule has 7 heteroatoms. The molecule has 0 aliphatic rings. The molecule has 0 amide bonds. The first-order valence-corrected chi connectivity index (χ1v) is 10.0. The molecule has 0 saturated carbocycles. The second-order valence-corrected chi connectivity index (χ2v) is 7.42. The van der Waals surface area contributed by atoms with Gasteiger partial charge in [-0.1, -0.05) is 42.5 Å². The number of aromatic nitrogens is 2. The number of rotatable bonds is 6. The molecule has 0 atom stereocenters. The van der Waals surface area contributed by atoms with Crippen LogP contribution in [0.25, 0.3) is 5.65 Å². The second kappa shape index (κ2) is 8.92. The first-order chi connectivity index (χ1) is 14.6. The highest BCUT2D eigenvalue weighted by molar-refractivity contribution is 9.10. The van der Waals surface area contributed by atoms with Gasteiger partial charge < -0.3 is 9.47 Å². The normalized spacial score (nSPS) is 10.7. The molecule has 150 valence electrons. The fourth-order valence-corrected chi connectivity index (χ4v) is 3.25. The van der Waals surface area contributed by atoms with Gasteiger partial charge in [-0.15, -0.1) is 0 Å². The molecule has 2 heterocycles. The van der Waals surface area contributed by atoms with Crippen molar-refractivity contribution in [1.29, 1.82) is 0 Å². The van der Waals surface area contributed by atoms with Crippen molar-refractivity contribution in [3.05, 3.63) is 111 Å². The highest BCUT2D eigenvalue weighted by Crippen LogP contribution is 2.21. The lowest BCUT2D eigenvalue weighted by molar-refractivity contribution is 0.0462. The molecular formula is C23H17BrN2O4. The predicted octanol–water partition coefficient (Wildman–Crippen LogP) is 4.39. The van der Waals surface area contributed by atoms with Gasteiger partial charge in [0.05, 0.1) is 5.69 Å². The summed E-state index contributed by atoms with van der Waals surface area (Å²) in [5, 5.41) is 0. The smallest absolute Gasteiger partial charge is 0.342 e. The van der Waals surface area contributed by atoms with E-state index in [2.05, 4.69) is 20.9 Å². The number of hydrogen-bond donors (Lipinski definition) is 0. The van der Waals surface area contributed by atoms with Gasteiger partial charge in [-0.05, 0) is 45.8 Å². The highest BCUT2D eigenvalue weighted by Gasteiger charge is 2.15. The third-order valence-corrected chi connectivity index (χ3v) is 4.84. The molecule has 0 spiro atoms. The van der Waals surface area contributed by atoms with E-state index in [9.17, 15) is 9.59 Å². The molecule has 6 nitrogen and oxygen atoms in total. The molecule has 0 saturated heterocycles. The summed E-state index contributed by atoms with van der Waals surface area (Å²) in [4.78, 5) is 29.3. The van der Waals surface area contributed by atoms with E-state index in [1.807, 2.05) is 30.3 Å². The van der Waals surface area contributed by atoms with Gasteiger partial charge >= 0.3 is 5.97 Å². The first-order valence-electron chi connectivity index (χ1n) is 9.21. The third kappa shape index (κ3) is 4.58. The zero-order valence-electron chi connectivity index (χ0n) is 15.8. The summed E-state index contributed by atoms with van der Waals surface area (Å²) in [6.07, 6.45) is 1.64. The number of nitrogens with zero attached hydrogens (tertiary/aromatic N) is 2. The van der Waals surface area contributed by atoms with Crippen LogP contribution >= 0.6 is 15.9 Å². The minimum absolute atomic E-state index is 0.117. The van der Waals surface area contributed by atoms with Gasteiger partial charge in [-0.2, -0.15) is 0 Å². The van der Waals surface area contributed by atoms with Crippen molar-refractivity contribution in [3.8, 4) is 5.75 Å². The van der Waals surface area contributed by atoms with Crippen LogP contribution in [0.2, 0.25) is 0 Å². The molecule has 4 rings (SSSR count).